The molecule has 0 amide bonds. The third-order valence-corrected chi connectivity index (χ3v) is 2.80. The molecule has 1 aliphatic carbocycles. The first-order valence-electron chi connectivity index (χ1n) is 5.02. The molecule has 1 N–H and O–H groups in total. The smallest absolute Gasteiger partial charge is 0.0695 e. The molecule has 1 aliphatic rings. The van der Waals surface area contributed by atoms with Gasteiger partial charge in [0.25, 0.3) is 0 Å². The van der Waals surface area contributed by atoms with Crippen molar-refractivity contribution in [2.45, 2.75) is 31.9 Å². The fourth-order valence-corrected chi connectivity index (χ4v) is 1.47. The molecule has 0 heterocycles. The maximum atomic E-state index is 9.69. The summed E-state index contributed by atoms with van der Waals surface area (Å²) in [6, 6.07) is 0.387. The Labute approximate surface area is 80.7 Å². The number of aliphatic hydroxyl groups excluding tert-OH is 1. The summed E-state index contributed by atoms with van der Waals surface area (Å²) in [6.45, 7) is 3.62. The Morgan fingerprint density at radius 1 is 1.54 bits per heavy atom. The minimum atomic E-state index is -0.135. The molecule has 1 saturated carbocycles. The molecule has 0 aliphatic heterocycles. The number of rotatable bonds is 6. The van der Waals surface area contributed by atoms with Gasteiger partial charge in [0, 0.05) is 19.7 Å². The lowest BCUT2D eigenvalue weighted by Gasteiger charge is -2.26. The maximum absolute atomic E-state index is 9.69. The lowest BCUT2D eigenvalue weighted by Crippen LogP contribution is -2.38. The highest BCUT2D eigenvalue weighted by Gasteiger charge is 2.30. The third-order valence-electron chi connectivity index (χ3n) is 2.80. The minimum Gasteiger partial charge on any atom is -0.392 e. The van der Waals surface area contributed by atoms with Crippen LogP contribution in [-0.2, 0) is 4.74 Å². The second kappa shape index (κ2) is 4.94. The Kier molecular flexibility index (Phi) is 4.16. The van der Waals surface area contributed by atoms with E-state index < -0.39 is 0 Å². The zero-order valence-electron chi connectivity index (χ0n) is 8.86. The molecule has 3 nitrogen and oxygen atoms in total. The summed E-state index contributed by atoms with van der Waals surface area (Å²) in [7, 11) is 3.75. The summed E-state index contributed by atoms with van der Waals surface area (Å²) in [5, 5.41) is 9.69. The predicted octanol–water partition coefficient (Wildman–Crippen LogP) is 0.724. The van der Waals surface area contributed by atoms with Gasteiger partial charge in [0.05, 0.1) is 12.7 Å². The number of nitrogens with zero attached hydrogens (tertiary/aromatic N) is 1. The quantitative estimate of drug-likeness (QED) is 0.665. The van der Waals surface area contributed by atoms with Gasteiger partial charge in [0.15, 0.2) is 0 Å². The van der Waals surface area contributed by atoms with E-state index >= 15 is 0 Å². The number of hydrogen-bond acceptors (Lipinski definition) is 3. The fraction of sp³-hybridized carbons (Fsp3) is 1.00. The Morgan fingerprint density at radius 2 is 2.15 bits per heavy atom. The highest BCUT2D eigenvalue weighted by molar-refractivity contribution is 4.83. The zero-order chi connectivity index (χ0) is 9.84. The van der Waals surface area contributed by atoms with Gasteiger partial charge in [-0.25, -0.2) is 0 Å². The number of likely N-dealkylation sites (N-methyl/N-ethyl adjacent to an activating group) is 1. The van der Waals surface area contributed by atoms with Crippen LogP contribution in [0.25, 0.3) is 0 Å². The van der Waals surface area contributed by atoms with Gasteiger partial charge in [-0.1, -0.05) is 0 Å². The summed E-state index contributed by atoms with van der Waals surface area (Å²) in [6.07, 6.45) is 2.27. The highest BCUT2D eigenvalue weighted by atomic mass is 16.5. The molecular weight excluding hydrogens is 166 g/mol. The van der Waals surface area contributed by atoms with Crippen molar-refractivity contribution in [1.82, 2.24) is 4.90 Å². The van der Waals surface area contributed by atoms with Crippen molar-refractivity contribution in [2.24, 2.45) is 5.92 Å². The van der Waals surface area contributed by atoms with Gasteiger partial charge in [0.2, 0.25) is 0 Å². The largest absolute Gasteiger partial charge is 0.392 e. The molecule has 0 aromatic heterocycles. The molecule has 1 fully saturated rings. The maximum Gasteiger partial charge on any atom is 0.0695 e. The summed E-state index contributed by atoms with van der Waals surface area (Å²) in [4.78, 5) is 2.16. The van der Waals surface area contributed by atoms with Crippen LogP contribution in [0.1, 0.15) is 19.8 Å². The number of ether oxygens (including phenoxy) is 1. The topological polar surface area (TPSA) is 32.7 Å². The first kappa shape index (κ1) is 11.0. The van der Waals surface area contributed by atoms with Gasteiger partial charge in [-0.05, 0) is 32.7 Å². The van der Waals surface area contributed by atoms with E-state index in [2.05, 4.69) is 11.8 Å². The average molecular weight is 187 g/mol. The summed E-state index contributed by atoms with van der Waals surface area (Å²) in [5.74, 6) is 0.567. The predicted molar refractivity (Wildman–Crippen MR) is 52.7 cm³/mol. The monoisotopic (exact) mass is 187 g/mol. The first-order valence-corrected chi connectivity index (χ1v) is 5.02. The minimum absolute atomic E-state index is 0.135. The van der Waals surface area contributed by atoms with E-state index in [9.17, 15) is 5.11 Å². The molecule has 0 aromatic carbocycles. The van der Waals surface area contributed by atoms with Gasteiger partial charge in [-0.3, -0.25) is 4.90 Å². The van der Waals surface area contributed by atoms with Gasteiger partial charge in [-0.2, -0.15) is 0 Å². The molecule has 0 aromatic rings. The van der Waals surface area contributed by atoms with Gasteiger partial charge in [-0.15, -0.1) is 0 Å². The van der Waals surface area contributed by atoms with E-state index in [4.69, 9.17) is 4.74 Å². The summed E-state index contributed by atoms with van der Waals surface area (Å²) < 4.78 is 5.06. The van der Waals surface area contributed by atoms with E-state index in [-0.39, 0.29) is 6.10 Å². The summed E-state index contributed by atoms with van der Waals surface area (Å²) in [5.41, 5.74) is 0. The second-order valence-electron chi connectivity index (χ2n) is 4.15. The fourth-order valence-electron chi connectivity index (χ4n) is 1.47. The third kappa shape index (κ3) is 3.63. The Bertz CT molecular complexity index is 148. The van der Waals surface area contributed by atoms with Crippen LogP contribution in [0.5, 0.6) is 0 Å². The van der Waals surface area contributed by atoms with Gasteiger partial charge < -0.3 is 9.84 Å². The molecule has 2 unspecified atom stereocenters. The van der Waals surface area contributed by atoms with Crippen molar-refractivity contribution in [3.63, 3.8) is 0 Å². The molecule has 1 rings (SSSR count). The van der Waals surface area contributed by atoms with Crippen LogP contribution < -0.4 is 0 Å². The van der Waals surface area contributed by atoms with E-state index in [0.717, 1.165) is 13.2 Å². The Balaban J connectivity index is 2.17. The highest BCUT2D eigenvalue weighted by Crippen LogP contribution is 2.32. The summed E-state index contributed by atoms with van der Waals surface area (Å²) >= 11 is 0. The van der Waals surface area contributed by atoms with Crippen LogP contribution in [0, 0.1) is 5.92 Å². The van der Waals surface area contributed by atoms with Crippen molar-refractivity contribution >= 4 is 0 Å². The number of aliphatic hydroxyl groups is 1. The van der Waals surface area contributed by atoms with Crippen LogP contribution in [-0.4, -0.2) is 49.5 Å². The van der Waals surface area contributed by atoms with Crippen LogP contribution in [0.2, 0.25) is 0 Å². The van der Waals surface area contributed by atoms with Crippen LogP contribution in [0.15, 0.2) is 0 Å². The molecule has 0 bridgehead atoms. The lowest BCUT2D eigenvalue weighted by atomic mass is 10.2. The standard InChI is InChI=1S/C10H21NO2/c1-8(7-13-3)11(2)6-10(12)9-4-5-9/h8-10,12H,4-7H2,1-3H3. The van der Waals surface area contributed by atoms with Crippen LogP contribution in [0.3, 0.4) is 0 Å². The van der Waals surface area contributed by atoms with Crippen LogP contribution in [0.4, 0.5) is 0 Å². The Hall–Kier alpha value is -0.120. The molecule has 0 spiro atoms. The van der Waals surface area contributed by atoms with Gasteiger partial charge in [0.1, 0.15) is 0 Å². The van der Waals surface area contributed by atoms with E-state index in [1.807, 2.05) is 7.05 Å². The van der Waals surface area contributed by atoms with E-state index in [1.165, 1.54) is 12.8 Å². The molecule has 3 heteroatoms. The van der Waals surface area contributed by atoms with Crippen molar-refractivity contribution in [1.29, 1.82) is 0 Å². The molecule has 2 atom stereocenters. The van der Waals surface area contributed by atoms with E-state index in [0.29, 0.717) is 12.0 Å². The van der Waals surface area contributed by atoms with Crippen molar-refractivity contribution in [2.75, 3.05) is 27.3 Å². The van der Waals surface area contributed by atoms with E-state index in [1.54, 1.807) is 7.11 Å². The lowest BCUT2D eigenvalue weighted by molar-refractivity contribution is 0.0617. The molecule has 0 saturated heterocycles. The van der Waals surface area contributed by atoms with Crippen molar-refractivity contribution < 1.29 is 9.84 Å². The SMILES string of the molecule is COCC(C)N(C)CC(O)C1CC1. The first-order chi connectivity index (χ1) is 6.15. The number of methoxy groups -OCH3 is 1. The zero-order valence-corrected chi connectivity index (χ0v) is 8.86. The number of hydrogen-bond donors (Lipinski definition) is 1. The molecular formula is C10H21NO2. The van der Waals surface area contributed by atoms with Crippen molar-refractivity contribution in [3.8, 4) is 0 Å². The molecule has 13 heavy (non-hydrogen) atoms. The van der Waals surface area contributed by atoms with Gasteiger partial charge >= 0.3 is 0 Å². The normalized spacial score (nSPS) is 21.9. The average Bonchev–Trinajstić information content (AvgIpc) is 2.86. The van der Waals surface area contributed by atoms with Crippen molar-refractivity contribution in [3.05, 3.63) is 0 Å². The molecule has 0 radical (unpaired) electrons. The molecule has 78 valence electrons. The van der Waals surface area contributed by atoms with Crippen LogP contribution >= 0.6 is 0 Å². The second-order valence-corrected chi connectivity index (χ2v) is 4.15. The Morgan fingerprint density at radius 3 is 2.62 bits per heavy atom.